The fourth-order valence-corrected chi connectivity index (χ4v) is 22.2. The Morgan fingerprint density at radius 3 is 0.793 bits per heavy atom. The molecule has 0 aliphatic carbocycles. The molecule has 15 heteroatoms. The minimum absolute atomic E-state index is 0.575. The lowest BCUT2D eigenvalue weighted by molar-refractivity contribution is 1.18. The van der Waals surface area contributed by atoms with E-state index in [-0.39, 0.29) is 0 Å². The summed E-state index contributed by atoms with van der Waals surface area (Å²) in [6.07, 6.45) is 0. The van der Waals surface area contributed by atoms with Crippen molar-refractivity contribution in [3.8, 4) is 143 Å². The van der Waals surface area contributed by atoms with E-state index >= 15 is 0 Å². The second-order valence-electron chi connectivity index (χ2n) is 36.9. The van der Waals surface area contributed by atoms with Crippen molar-refractivity contribution in [3.05, 3.63) is 517 Å². The molecule has 0 unspecified atom stereocenters. The molecule has 6 aromatic heterocycles. The largest absolute Gasteiger partial charge is 0.310 e. The van der Waals surface area contributed by atoms with Crippen molar-refractivity contribution < 1.29 is 0 Å². The van der Waals surface area contributed by atoms with Gasteiger partial charge in [0.1, 0.15) is 0 Å². The molecule has 0 saturated heterocycles. The van der Waals surface area contributed by atoms with Gasteiger partial charge < -0.3 is 27.4 Å². The molecule has 6 heterocycles. The second kappa shape index (κ2) is 37.0. The minimum Gasteiger partial charge on any atom is -0.310 e. The van der Waals surface area contributed by atoms with Crippen LogP contribution in [0.2, 0.25) is 0 Å². The lowest BCUT2D eigenvalue weighted by Crippen LogP contribution is -1.99. The van der Waals surface area contributed by atoms with Crippen LogP contribution in [0.15, 0.2) is 455 Å². The lowest BCUT2D eigenvalue weighted by atomic mass is 9.91. The van der Waals surface area contributed by atoms with Crippen LogP contribution < -0.4 is 0 Å². The highest BCUT2D eigenvalue weighted by Crippen LogP contribution is 2.49. The first-order chi connectivity index (χ1) is 74.0. The molecule has 0 bridgehead atoms. The zero-order valence-electron chi connectivity index (χ0n) is 80.0. The summed E-state index contributed by atoms with van der Waals surface area (Å²) in [6.45, 7) is 15.3. The average molecular weight is 1910 g/mol. The van der Waals surface area contributed by atoms with E-state index in [1.807, 2.05) is 267 Å². The van der Waals surface area contributed by atoms with Crippen LogP contribution in [-0.2, 0) is 0 Å². The highest BCUT2D eigenvalue weighted by atomic mass is 15.0. The summed E-state index contributed by atoms with van der Waals surface area (Å²) in [5.74, 6) is 0. The van der Waals surface area contributed by atoms with E-state index in [9.17, 15) is 36.8 Å². The fraction of sp³-hybridized carbons (Fsp3) is 0. The predicted octanol–water partition coefficient (Wildman–Crippen LogP) is 33.8. The first-order valence-electron chi connectivity index (χ1n) is 48.8. The normalized spacial score (nSPS) is 11.1. The van der Waals surface area contributed by atoms with Crippen molar-refractivity contribution in [2.45, 2.75) is 0 Å². The highest BCUT2D eigenvalue weighted by molar-refractivity contribution is 6.17. The summed E-state index contributed by atoms with van der Waals surface area (Å²) in [6, 6.07) is 169. The Labute approximate surface area is 860 Å². The number of benzene rings is 21. The molecule has 0 spiro atoms. The smallest absolute Gasteiger partial charge is 0.189 e. The Hall–Kier alpha value is -22.2. The van der Waals surface area contributed by atoms with Crippen LogP contribution in [0.1, 0.15) is 38.9 Å². The first kappa shape index (κ1) is 89.2. The molecule has 0 aliphatic heterocycles. The maximum absolute atomic E-state index is 10.0. The number of rotatable bonds is 12. The molecule has 15 nitrogen and oxygen atoms in total. The molecule has 27 aromatic rings. The van der Waals surface area contributed by atoms with E-state index < -0.39 is 0 Å². The molecule has 27 rings (SSSR count). The SMILES string of the molecule is N#Cc1ccc(-c2ccc(-n3c4ccccc4c4cc(C#N)ccc43)cc2)c(-c2ccccc2-n2c3ccccc3c3c(C#N)cccc32)c1.[C-]#[N+]c1ccc2c(c1)c1ccccc1n2-c1ccccc1-c1cc(C#N)ccc1-c1ccc(-n2c3ccccc3c3cc(C#N)ccc32)cc1.[C-]#[N+]c1ccc2c3ccccc3n(-c3ccccc3-c3cc(C#N)ccc3-c3ccc(-n4c5ccccc5c5cc(C#N)ccc54)cc3)c2c1. The van der Waals surface area contributed by atoms with Crippen LogP contribution in [0.25, 0.3) is 241 Å². The van der Waals surface area contributed by atoms with Crippen LogP contribution in [0, 0.1) is 92.5 Å². The highest BCUT2D eigenvalue weighted by Gasteiger charge is 2.27. The van der Waals surface area contributed by atoms with Gasteiger partial charge in [0.25, 0.3) is 0 Å². The Balaban J connectivity index is 0.000000116. The quantitative estimate of drug-likeness (QED) is 0.108. The van der Waals surface area contributed by atoms with Gasteiger partial charge in [-0.05, 0) is 268 Å². The average Bonchev–Trinajstić information content (AvgIpc) is 1.58. The summed E-state index contributed by atoms with van der Waals surface area (Å²) < 4.78 is 13.5. The molecule has 0 radical (unpaired) electrons. The number of nitriles is 7. The molecule has 0 atom stereocenters. The van der Waals surface area contributed by atoms with Crippen molar-refractivity contribution in [2.75, 3.05) is 0 Å². The molecule has 21 aromatic carbocycles. The molecule has 0 amide bonds. The Bertz CT molecular complexity index is 10500. The van der Waals surface area contributed by atoms with Gasteiger partial charge in [0.2, 0.25) is 0 Å². The van der Waals surface area contributed by atoms with Gasteiger partial charge in [-0.3, -0.25) is 0 Å². The third-order valence-electron chi connectivity index (χ3n) is 28.9. The van der Waals surface area contributed by atoms with E-state index in [2.05, 4.69) is 268 Å². The lowest BCUT2D eigenvalue weighted by Gasteiger charge is -2.18. The molecule has 0 fully saturated rings. The van der Waals surface area contributed by atoms with E-state index in [0.29, 0.717) is 50.3 Å². The molecule has 0 aliphatic rings. The fourth-order valence-electron chi connectivity index (χ4n) is 22.2. The monoisotopic (exact) mass is 1910 g/mol. The van der Waals surface area contributed by atoms with E-state index in [1.165, 1.54) is 0 Å². The Kier molecular flexibility index (Phi) is 22.0. The Morgan fingerprint density at radius 2 is 0.427 bits per heavy atom. The number of hydrogen-bond acceptors (Lipinski definition) is 7. The van der Waals surface area contributed by atoms with Crippen LogP contribution in [0.3, 0.4) is 0 Å². The molecule has 0 N–H and O–H groups in total. The van der Waals surface area contributed by atoms with Crippen LogP contribution in [-0.4, -0.2) is 27.4 Å². The van der Waals surface area contributed by atoms with Crippen molar-refractivity contribution >= 4 is 142 Å². The summed E-state index contributed by atoms with van der Waals surface area (Å²) in [5, 5.41) is 81.4. The van der Waals surface area contributed by atoms with Gasteiger partial charge in [0.15, 0.2) is 11.4 Å². The van der Waals surface area contributed by atoms with Gasteiger partial charge in [0, 0.05) is 98.5 Å². The second-order valence-corrected chi connectivity index (χ2v) is 36.9. The summed E-state index contributed by atoms with van der Waals surface area (Å²) in [7, 11) is 0. The zero-order chi connectivity index (χ0) is 101. The molecular weight excluding hydrogens is 1830 g/mol. The number of nitrogens with zero attached hydrogens (tertiary/aromatic N) is 15. The van der Waals surface area contributed by atoms with E-state index in [0.717, 1.165) is 232 Å². The van der Waals surface area contributed by atoms with Crippen molar-refractivity contribution in [2.24, 2.45) is 0 Å². The van der Waals surface area contributed by atoms with Crippen molar-refractivity contribution in [1.82, 2.24) is 27.4 Å². The van der Waals surface area contributed by atoms with Crippen molar-refractivity contribution in [1.29, 1.82) is 36.8 Å². The van der Waals surface area contributed by atoms with Crippen LogP contribution in [0.5, 0.6) is 0 Å². The summed E-state index contributed by atoms with van der Waals surface area (Å²) >= 11 is 0. The maximum Gasteiger partial charge on any atom is 0.189 e. The standard InChI is InChI=1S/3C45H25N5/c1-48-32-18-22-38-35-8-2-6-12-42(35)50(45(38)26-32)43-13-7-3-9-36(43)39-24-29(27-46)14-21-34(39)31-16-19-33(20-17-31)49-41-11-5-4-10-37(41)40-25-30(28-47)15-23-44(40)49;1-48-32-18-23-45-40(26-32)37-10-4-7-13-43(37)50(45)42-12-6-2-8-35(42)38-24-29(27-46)14-21-34(38)31-16-19-33(20-17-31)49-41-11-5-3-9-36(41)39-25-30(28-47)15-22-44(39)49;46-26-29-16-22-34(31-18-20-33(21-19-31)49-40-12-4-2-10-36(40)39-25-30(27-47)17-23-43(39)49)38(24-29)35-9-1-5-13-41(35)50-42-14-6-3-11-37(42)45-32(28-48)8-7-15-44(45)50/h2*2-26H;1-25H. The third kappa shape index (κ3) is 14.9. The van der Waals surface area contributed by atoms with Gasteiger partial charge >= 0.3 is 0 Å². The Morgan fingerprint density at radius 1 is 0.167 bits per heavy atom. The van der Waals surface area contributed by atoms with Gasteiger partial charge in [0.05, 0.1) is 172 Å². The molecule has 0 saturated carbocycles. The molecule has 150 heavy (non-hydrogen) atoms. The molecular formula is C135H75N15. The van der Waals surface area contributed by atoms with Gasteiger partial charge in [-0.2, -0.15) is 36.8 Å². The number of para-hydroxylation sites is 9. The first-order valence-corrected chi connectivity index (χ1v) is 48.8. The van der Waals surface area contributed by atoms with Crippen LogP contribution >= 0.6 is 0 Å². The third-order valence-corrected chi connectivity index (χ3v) is 28.9. The minimum atomic E-state index is 0.575. The summed E-state index contributed by atoms with van der Waals surface area (Å²) in [5.41, 5.74) is 35.7. The van der Waals surface area contributed by atoms with Crippen LogP contribution in [0.4, 0.5) is 11.4 Å². The number of fused-ring (bicyclic) bond motifs is 18. The number of hydrogen-bond donors (Lipinski definition) is 0. The van der Waals surface area contributed by atoms with E-state index in [4.69, 9.17) is 13.1 Å². The molecule has 690 valence electrons. The van der Waals surface area contributed by atoms with Gasteiger partial charge in [-0.25, -0.2) is 9.69 Å². The number of aromatic nitrogens is 6. The van der Waals surface area contributed by atoms with E-state index in [1.54, 1.807) is 0 Å². The predicted molar refractivity (Wildman–Crippen MR) is 604 cm³/mol. The van der Waals surface area contributed by atoms with Crippen molar-refractivity contribution in [3.63, 3.8) is 0 Å². The maximum atomic E-state index is 10.0. The van der Waals surface area contributed by atoms with Gasteiger partial charge in [-0.15, -0.1) is 0 Å². The summed E-state index contributed by atoms with van der Waals surface area (Å²) in [4.78, 5) is 7.43. The zero-order valence-corrected chi connectivity index (χ0v) is 80.0. The topological polar surface area (TPSA) is 205 Å². The van der Waals surface area contributed by atoms with Gasteiger partial charge in [-0.1, -0.05) is 243 Å².